The molecule has 28 heavy (non-hydrogen) atoms. The number of aromatic amines is 1. The van der Waals surface area contributed by atoms with E-state index in [1.807, 2.05) is 4.90 Å². The van der Waals surface area contributed by atoms with Gasteiger partial charge >= 0.3 is 0 Å². The van der Waals surface area contributed by atoms with Gasteiger partial charge in [-0.25, -0.2) is 4.39 Å². The van der Waals surface area contributed by atoms with Crippen molar-refractivity contribution >= 4 is 29.0 Å². The molecular weight excluding hydrogens is 387 g/mol. The van der Waals surface area contributed by atoms with Crippen molar-refractivity contribution in [3.8, 4) is 0 Å². The van der Waals surface area contributed by atoms with E-state index in [2.05, 4.69) is 20.7 Å². The van der Waals surface area contributed by atoms with E-state index in [0.29, 0.717) is 43.1 Å². The zero-order chi connectivity index (χ0) is 20.1. The number of aromatic nitrogens is 3. The monoisotopic (exact) mass is 408 g/mol. The Morgan fingerprint density at radius 2 is 2.18 bits per heavy atom. The summed E-state index contributed by atoms with van der Waals surface area (Å²) in [4.78, 5) is 15.0. The van der Waals surface area contributed by atoms with E-state index in [0.717, 1.165) is 0 Å². The van der Waals surface area contributed by atoms with Gasteiger partial charge in [-0.1, -0.05) is 11.3 Å². The number of halogens is 1. The minimum absolute atomic E-state index is 0.155. The molecule has 0 spiro atoms. The topological polar surface area (TPSA) is 107 Å². The van der Waals surface area contributed by atoms with Gasteiger partial charge in [0.1, 0.15) is 24.2 Å². The number of nitrogens with one attached hydrogen (secondary N) is 2. The van der Waals surface area contributed by atoms with Crippen LogP contribution in [0.2, 0.25) is 0 Å². The van der Waals surface area contributed by atoms with E-state index in [-0.39, 0.29) is 11.1 Å². The Morgan fingerprint density at radius 3 is 2.75 bits per heavy atom. The number of nitrogens with zero attached hydrogens (tertiary/aromatic N) is 4. The molecule has 1 fully saturated rings. The molecule has 1 aliphatic heterocycles. The molecule has 1 saturated heterocycles. The minimum Gasteiger partial charge on any atom is -0.474 e. The molecule has 1 unspecified atom stereocenters. The molecule has 3 rings (SSSR count). The number of hydrogen-bond donors (Lipinski definition) is 3. The Balaban J connectivity index is 1.77. The van der Waals surface area contributed by atoms with Gasteiger partial charge in [-0.05, 0) is 29.9 Å². The first-order valence-corrected chi connectivity index (χ1v) is 9.08. The van der Waals surface area contributed by atoms with Crippen LogP contribution in [0.5, 0.6) is 0 Å². The number of rotatable bonds is 5. The van der Waals surface area contributed by atoms with Crippen molar-refractivity contribution in [2.45, 2.75) is 6.04 Å². The second kappa shape index (κ2) is 8.93. The van der Waals surface area contributed by atoms with Gasteiger partial charge in [0.15, 0.2) is 0 Å². The molecule has 0 radical (unpaired) electrons. The highest BCUT2D eigenvalue weighted by molar-refractivity contribution is 7.80. The summed E-state index contributed by atoms with van der Waals surface area (Å²) in [5.41, 5.74) is 1.61. The van der Waals surface area contributed by atoms with Gasteiger partial charge in [0.05, 0.1) is 12.8 Å². The summed E-state index contributed by atoms with van der Waals surface area (Å²) < 4.78 is 19.9. The fourth-order valence-corrected chi connectivity index (χ4v) is 3.23. The van der Waals surface area contributed by atoms with E-state index in [9.17, 15) is 9.18 Å². The number of carbonyl (C=O) groups is 1. The van der Waals surface area contributed by atoms with Crippen LogP contribution in [-0.4, -0.2) is 76.4 Å². The number of ether oxygens (including phenoxy) is 1. The van der Waals surface area contributed by atoms with Crippen LogP contribution in [0.15, 0.2) is 24.4 Å². The highest BCUT2D eigenvalue weighted by Gasteiger charge is 2.24. The number of H-pyrrole nitrogens is 1. The first-order valence-electron chi connectivity index (χ1n) is 8.67. The quantitative estimate of drug-likeness (QED) is 0.603. The Hall–Kier alpha value is -2.79. The molecule has 2 aromatic rings. The Kier molecular flexibility index (Phi) is 6.37. The summed E-state index contributed by atoms with van der Waals surface area (Å²) in [5.74, 6) is -0.704. The molecule has 1 aromatic carbocycles. The van der Waals surface area contributed by atoms with Crippen LogP contribution in [0.1, 0.15) is 17.3 Å². The van der Waals surface area contributed by atoms with Crippen LogP contribution in [0.3, 0.4) is 0 Å². The molecule has 1 atom stereocenters. The molecular formula is C17H21FN6O3S. The third-order valence-corrected chi connectivity index (χ3v) is 4.88. The molecule has 0 aliphatic carbocycles. The van der Waals surface area contributed by atoms with Crippen LogP contribution in [0, 0.1) is 5.82 Å². The number of anilines is 1. The zero-order valence-corrected chi connectivity index (χ0v) is 16.1. The van der Waals surface area contributed by atoms with Gasteiger partial charge in [0, 0.05) is 32.4 Å². The van der Waals surface area contributed by atoms with E-state index in [1.165, 1.54) is 13.2 Å². The minimum atomic E-state index is -0.520. The summed E-state index contributed by atoms with van der Waals surface area (Å²) >= 11 is 5.06. The number of amides is 1. The smallest absolute Gasteiger partial charge is 0.257 e. The average Bonchev–Trinajstić information content (AvgIpc) is 3.25. The van der Waals surface area contributed by atoms with Crippen molar-refractivity contribution in [2.75, 3.05) is 44.8 Å². The number of hydrogen-bond acceptors (Lipinski definition) is 7. The highest BCUT2D eigenvalue weighted by atomic mass is 32.1. The zero-order valence-electron chi connectivity index (χ0n) is 15.3. The predicted octanol–water partition coefficient (Wildman–Crippen LogP) is 0.195. The summed E-state index contributed by atoms with van der Waals surface area (Å²) in [6.45, 7) is 1.34. The van der Waals surface area contributed by atoms with Crippen molar-refractivity contribution in [3.05, 3.63) is 41.5 Å². The lowest BCUT2D eigenvalue weighted by atomic mass is 10.0. The van der Waals surface area contributed by atoms with Crippen molar-refractivity contribution in [3.63, 3.8) is 0 Å². The van der Waals surface area contributed by atoms with E-state index < -0.39 is 18.5 Å². The lowest BCUT2D eigenvalue weighted by Crippen LogP contribution is -2.49. The van der Waals surface area contributed by atoms with Gasteiger partial charge < -0.3 is 25.0 Å². The molecule has 3 N–H and O–H groups in total. The fourth-order valence-electron chi connectivity index (χ4n) is 3.11. The van der Waals surface area contributed by atoms with Crippen molar-refractivity contribution in [2.24, 2.45) is 0 Å². The number of benzene rings is 1. The number of aliphatic hydroxyl groups excluding tert-OH is 1. The Bertz CT molecular complexity index is 826. The molecule has 9 nitrogen and oxygen atoms in total. The second-order valence-corrected chi connectivity index (χ2v) is 6.57. The maximum atomic E-state index is 14.9. The van der Waals surface area contributed by atoms with Crippen molar-refractivity contribution in [1.82, 2.24) is 25.6 Å². The maximum Gasteiger partial charge on any atom is 0.257 e. The van der Waals surface area contributed by atoms with Gasteiger partial charge in [0.25, 0.3) is 5.17 Å². The largest absolute Gasteiger partial charge is 0.474 e. The summed E-state index contributed by atoms with van der Waals surface area (Å²) in [6.07, 6.45) is 1.60. The van der Waals surface area contributed by atoms with Gasteiger partial charge in [0.2, 0.25) is 5.91 Å². The molecule has 2 heterocycles. The fraction of sp³-hybridized carbons (Fsp3) is 0.412. The van der Waals surface area contributed by atoms with Crippen LogP contribution in [0.4, 0.5) is 10.1 Å². The van der Waals surface area contributed by atoms with Crippen molar-refractivity contribution in [1.29, 1.82) is 0 Å². The van der Waals surface area contributed by atoms with Gasteiger partial charge in [-0.2, -0.15) is 0 Å². The number of methoxy groups -OCH3 is 1. The first kappa shape index (κ1) is 20.0. The van der Waals surface area contributed by atoms with Gasteiger partial charge in [-0.3, -0.25) is 9.89 Å². The number of piperazine rings is 1. The predicted molar refractivity (Wildman–Crippen MR) is 103 cm³/mol. The standard InChI is InChI=1S/C17H21FN6O3S/c1-27-17(28)20-16(13-9-19-22-21-13)11-2-3-14(12(18)8-11)23-4-6-24(7-5-23)15(26)10-25/h2-3,8-9,16,25H,4-7,10H2,1H3,(H,20,28)(H,19,21,22). The molecule has 1 amide bonds. The van der Waals surface area contributed by atoms with E-state index >= 15 is 0 Å². The lowest BCUT2D eigenvalue weighted by molar-refractivity contribution is -0.134. The first-order chi connectivity index (χ1) is 13.5. The average molecular weight is 408 g/mol. The van der Waals surface area contributed by atoms with E-state index in [1.54, 1.807) is 23.2 Å². The molecule has 150 valence electrons. The lowest BCUT2D eigenvalue weighted by Gasteiger charge is -2.36. The molecule has 0 bridgehead atoms. The SMILES string of the molecule is COC(=S)NC(c1ccc(N2CCN(C(=O)CO)CC2)c(F)c1)c1c[nH]nn1. The third kappa shape index (κ3) is 4.37. The molecule has 11 heteroatoms. The molecule has 1 aromatic heterocycles. The number of carbonyl (C=O) groups excluding carboxylic acids is 1. The Labute approximate surface area is 166 Å². The molecule has 1 aliphatic rings. The summed E-state index contributed by atoms with van der Waals surface area (Å²) in [7, 11) is 1.44. The molecule has 0 saturated carbocycles. The normalized spacial score (nSPS) is 15.2. The number of thiocarbonyl (C=S) groups is 1. The third-order valence-electron chi connectivity index (χ3n) is 4.59. The van der Waals surface area contributed by atoms with Crippen LogP contribution in [-0.2, 0) is 9.53 Å². The second-order valence-electron chi connectivity index (χ2n) is 6.20. The maximum absolute atomic E-state index is 14.9. The Morgan fingerprint density at radius 1 is 1.43 bits per heavy atom. The van der Waals surface area contributed by atoms with Gasteiger partial charge in [-0.15, -0.1) is 5.10 Å². The number of aliphatic hydroxyl groups is 1. The summed E-state index contributed by atoms with van der Waals surface area (Å²) in [5, 5.41) is 22.4. The van der Waals surface area contributed by atoms with Crippen LogP contribution in [0.25, 0.3) is 0 Å². The highest BCUT2D eigenvalue weighted by Crippen LogP contribution is 2.27. The van der Waals surface area contributed by atoms with Crippen molar-refractivity contribution < 1.29 is 19.0 Å². The summed E-state index contributed by atoms with van der Waals surface area (Å²) in [6, 6.07) is 4.38. The van der Waals surface area contributed by atoms with E-state index in [4.69, 9.17) is 22.1 Å². The van der Waals surface area contributed by atoms with Crippen LogP contribution >= 0.6 is 12.2 Å². The van der Waals surface area contributed by atoms with Crippen LogP contribution < -0.4 is 10.2 Å².